The monoisotopic (exact) mass is 487 g/mol. The molecule has 4 aromatic rings. The number of rotatable bonds is 6. The zero-order valence-electron chi connectivity index (χ0n) is 19.8. The average molecular weight is 488 g/mol. The average Bonchev–Trinajstić information content (AvgIpc) is 3.23. The predicted octanol–water partition coefficient (Wildman–Crippen LogP) is 4.09. The highest BCUT2D eigenvalue weighted by molar-refractivity contribution is 6.12. The molecule has 1 saturated heterocycles. The summed E-state index contributed by atoms with van der Waals surface area (Å²) in [7, 11) is 0. The summed E-state index contributed by atoms with van der Waals surface area (Å²) in [5, 5.41) is 13.3. The lowest BCUT2D eigenvalue weighted by Gasteiger charge is -2.27. The maximum absolute atomic E-state index is 14.2. The number of aliphatic hydroxyl groups is 1. The lowest BCUT2D eigenvalue weighted by atomic mass is 10.1. The number of aryl methyl sites for hydroxylation is 1. The summed E-state index contributed by atoms with van der Waals surface area (Å²) in [4.78, 5) is 28.0. The second-order valence-electron chi connectivity index (χ2n) is 8.72. The minimum absolute atomic E-state index is 0.207. The lowest BCUT2D eigenvalue weighted by molar-refractivity contribution is 0.0734. The fourth-order valence-electron chi connectivity index (χ4n) is 4.48. The third-order valence-corrected chi connectivity index (χ3v) is 6.38. The van der Waals surface area contributed by atoms with E-state index in [2.05, 4.69) is 5.32 Å². The van der Waals surface area contributed by atoms with Gasteiger partial charge in [-0.2, -0.15) is 0 Å². The Morgan fingerprint density at radius 3 is 2.50 bits per heavy atom. The summed E-state index contributed by atoms with van der Waals surface area (Å²) in [6, 6.07) is 18.6. The van der Waals surface area contributed by atoms with E-state index in [9.17, 15) is 19.1 Å². The molecule has 1 fully saturated rings. The number of ether oxygens (including phenoxy) is 1. The molecule has 184 valence electrons. The van der Waals surface area contributed by atoms with Crippen molar-refractivity contribution in [2.24, 2.45) is 0 Å². The van der Waals surface area contributed by atoms with E-state index < -0.39 is 18.2 Å². The Morgan fingerprint density at radius 1 is 1.03 bits per heavy atom. The number of amides is 1. The Kier molecular flexibility index (Phi) is 6.54. The van der Waals surface area contributed by atoms with Crippen molar-refractivity contribution in [3.63, 3.8) is 0 Å². The van der Waals surface area contributed by atoms with E-state index >= 15 is 0 Å². The molecule has 0 spiro atoms. The fourth-order valence-corrected chi connectivity index (χ4v) is 4.48. The van der Waals surface area contributed by atoms with Gasteiger partial charge in [0, 0.05) is 48.9 Å². The smallest absolute Gasteiger partial charge is 0.260 e. The molecular weight excluding hydrogens is 461 g/mol. The molecule has 1 aliphatic rings. The number of aromatic nitrogens is 1. The largest absolute Gasteiger partial charge is 0.439 e. The van der Waals surface area contributed by atoms with Gasteiger partial charge in [-0.05, 0) is 36.8 Å². The van der Waals surface area contributed by atoms with Crippen molar-refractivity contribution in [2.75, 3.05) is 32.8 Å². The highest BCUT2D eigenvalue weighted by Crippen LogP contribution is 2.40. The standard InChI is InChI=1S/C28H26FN3O4/c1-18-7-9-20(29)16-25(18)36-28-26(27(35)31-13-11-30-12-14-31)22-10-8-19(24(34)17-33)15-23(22)32(28)21-5-3-2-4-6-21/h2-10,15-16,30,33H,11-14,17H2,1H3. The third-order valence-electron chi connectivity index (χ3n) is 6.38. The lowest BCUT2D eigenvalue weighted by Crippen LogP contribution is -2.46. The maximum atomic E-state index is 14.2. The minimum Gasteiger partial charge on any atom is -0.439 e. The number of carbonyl (C=O) groups is 2. The fraction of sp³-hybridized carbons (Fsp3) is 0.214. The summed E-state index contributed by atoms with van der Waals surface area (Å²) in [5.74, 6) is -0.570. The van der Waals surface area contributed by atoms with E-state index in [-0.39, 0.29) is 17.5 Å². The highest BCUT2D eigenvalue weighted by Gasteiger charge is 2.30. The van der Waals surface area contributed by atoms with Crippen LogP contribution in [0.4, 0.5) is 4.39 Å². The number of benzene rings is 3. The number of carbonyl (C=O) groups excluding carboxylic acids is 2. The van der Waals surface area contributed by atoms with Crippen LogP contribution in [0.25, 0.3) is 16.6 Å². The molecule has 0 unspecified atom stereocenters. The molecule has 8 heteroatoms. The number of aliphatic hydroxyl groups excluding tert-OH is 1. The van der Waals surface area contributed by atoms with Gasteiger partial charge in [0.15, 0.2) is 5.78 Å². The molecule has 7 nitrogen and oxygen atoms in total. The van der Waals surface area contributed by atoms with Crippen LogP contribution in [-0.2, 0) is 0 Å². The summed E-state index contributed by atoms with van der Waals surface area (Å²) < 4.78 is 22.3. The zero-order valence-corrected chi connectivity index (χ0v) is 19.8. The van der Waals surface area contributed by atoms with Crippen molar-refractivity contribution in [2.45, 2.75) is 6.92 Å². The van der Waals surface area contributed by atoms with Gasteiger partial charge in [0.1, 0.15) is 23.7 Å². The third kappa shape index (κ3) is 4.36. The highest BCUT2D eigenvalue weighted by atomic mass is 19.1. The van der Waals surface area contributed by atoms with Gasteiger partial charge in [-0.1, -0.05) is 36.4 Å². The predicted molar refractivity (Wildman–Crippen MR) is 135 cm³/mol. The van der Waals surface area contributed by atoms with Gasteiger partial charge in [-0.25, -0.2) is 4.39 Å². The molecule has 5 rings (SSSR count). The normalized spacial score (nSPS) is 13.7. The van der Waals surface area contributed by atoms with Gasteiger partial charge in [0.05, 0.1) is 5.52 Å². The zero-order chi connectivity index (χ0) is 25.2. The van der Waals surface area contributed by atoms with Crippen LogP contribution in [0.3, 0.4) is 0 Å². The number of nitrogens with one attached hydrogen (secondary N) is 1. The molecule has 2 heterocycles. The van der Waals surface area contributed by atoms with E-state index in [1.54, 1.807) is 40.7 Å². The van der Waals surface area contributed by atoms with E-state index in [0.29, 0.717) is 59.5 Å². The van der Waals surface area contributed by atoms with Crippen molar-refractivity contribution < 1.29 is 23.8 Å². The van der Waals surface area contributed by atoms with Crippen molar-refractivity contribution in [1.82, 2.24) is 14.8 Å². The van der Waals surface area contributed by atoms with Crippen LogP contribution in [0.15, 0.2) is 66.7 Å². The summed E-state index contributed by atoms with van der Waals surface area (Å²) in [5.41, 5.74) is 2.64. The topological polar surface area (TPSA) is 83.8 Å². The molecule has 2 N–H and O–H groups in total. The van der Waals surface area contributed by atoms with Crippen LogP contribution < -0.4 is 10.1 Å². The SMILES string of the molecule is Cc1ccc(F)cc1Oc1c(C(=O)N2CCNCC2)c2ccc(C(=O)CO)cc2n1-c1ccccc1. The number of Topliss-reactive ketones (excluding diaryl/α,β-unsaturated/α-hetero) is 1. The Hall–Kier alpha value is -4.01. The summed E-state index contributed by atoms with van der Waals surface area (Å²) in [6.45, 7) is 3.61. The van der Waals surface area contributed by atoms with Crippen LogP contribution in [0.5, 0.6) is 11.6 Å². The van der Waals surface area contributed by atoms with Crippen LogP contribution in [0.2, 0.25) is 0 Å². The minimum atomic E-state index is -0.629. The molecule has 0 radical (unpaired) electrons. The number of hydrogen-bond donors (Lipinski definition) is 2. The molecule has 1 aliphatic heterocycles. The van der Waals surface area contributed by atoms with Crippen LogP contribution in [0, 0.1) is 12.7 Å². The number of nitrogens with zero attached hydrogens (tertiary/aromatic N) is 2. The number of piperazine rings is 1. The van der Waals surface area contributed by atoms with Crippen LogP contribution >= 0.6 is 0 Å². The Bertz CT molecular complexity index is 1440. The van der Waals surface area contributed by atoms with Crippen molar-refractivity contribution >= 4 is 22.6 Å². The summed E-state index contributed by atoms with van der Waals surface area (Å²) in [6.07, 6.45) is 0. The number of fused-ring (bicyclic) bond motifs is 1. The van der Waals surface area contributed by atoms with E-state index in [1.165, 1.54) is 12.1 Å². The number of ketones is 1. The van der Waals surface area contributed by atoms with E-state index in [1.807, 2.05) is 30.3 Å². The van der Waals surface area contributed by atoms with E-state index in [4.69, 9.17) is 4.74 Å². The Morgan fingerprint density at radius 2 is 1.78 bits per heavy atom. The first kappa shape index (κ1) is 23.7. The van der Waals surface area contributed by atoms with Crippen molar-refractivity contribution in [3.05, 3.63) is 89.2 Å². The summed E-state index contributed by atoms with van der Waals surface area (Å²) >= 11 is 0. The molecule has 0 saturated carbocycles. The Balaban J connectivity index is 1.81. The number of para-hydroxylation sites is 1. The van der Waals surface area contributed by atoms with Gasteiger partial charge < -0.3 is 20.1 Å². The number of halogens is 1. The molecule has 0 atom stereocenters. The van der Waals surface area contributed by atoms with E-state index in [0.717, 1.165) is 0 Å². The second kappa shape index (κ2) is 9.93. The van der Waals surface area contributed by atoms with Gasteiger partial charge in [-0.15, -0.1) is 0 Å². The maximum Gasteiger partial charge on any atom is 0.260 e. The number of hydrogen-bond acceptors (Lipinski definition) is 5. The van der Waals surface area contributed by atoms with Crippen molar-refractivity contribution in [1.29, 1.82) is 0 Å². The molecule has 1 amide bonds. The van der Waals surface area contributed by atoms with Crippen LogP contribution in [0.1, 0.15) is 26.3 Å². The molecule has 36 heavy (non-hydrogen) atoms. The van der Waals surface area contributed by atoms with Crippen LogP contribution in [-0.4, -0.2) is 59.0 Å². The first-order chi connectivity index (χ1) is 17.5. The van der Waals surface area contributed by atoms with Gasteiger partial charge in [-0.3, -0.25) is 14.2 Å². The molecule has 0 aliphatic carbocycles. The first-order valence-electron chi connectivity index (χ1n) is 11.8. The Labute approximate surface area is 207 Å². The van der Waals surface area contributed by atoms with Gasteiger partial charge in [0.2, 0.25) is 5.88 Å². The van der Waals surface area contributed by atoms with Gasteiger partial charge >= 0.3 is 0 Å². The first-order valence-corrected chi connectivity index (χ1v) is 11.8. The van der Waals surface area contributed by atoms with Crippen molar-refractivity contribution in [3.8, 4) is 17.3 Å². The molecule has 3 aromatic carbocycles. The van der Waals surface area contributed by atoms with Gasteiger partial charge in [0.25, 0.3) is 5.91 Å². The molecule has 1 aromatic heterocycles. The quantitative estimate of drug-likeness (QED) is 0.400. The second-order valence-corrected chi connectivity index (χ2v) is 8.72. The molecular formula is C28H26FN3O4. The molecule has 0 bridgehead atoms.